The molecule has 1 saturated carbocycles. The number of amides is 1. The zero-order chi connectivity index (χ0) is 30.6. The number of rotatable bonds is 9. The number of piperazine rings is 1. The molecule has 0 radical (unpaired) electrons. The lowest BCUT2D eigenvalue weighted by Gasteiger charge is -2.42. The second kappa shape index (κ2) is 14.0. The Balaban J connectivity index is 1.21. The van der Waals surface area contributed by atoms with Crippen molar-refractivity contribution in [2.24, 2.45) is 5.92 Å². The van der Waals surface area contributed by atoms with Gasteiger partial charge in [0.05, 0.1) is 5.69 Å². The Labute approximate surface area is 259 Å². The van der Waals surface area contributed by atoms with Crippen molar-refractivity contribution < 1.29 is 19.0 Å². The Kier molecular flexibility index (Phi) is 10.5. The standard InChI is InChI=1S/C33H55N5O4Si/c1-33(2,3)42-32(39)37-15-13-36(14-16-37)27-9-7-25(8-10-27)21-29-30-28(26-11-17-40-18-12-26)22-38(31(30)35-23-34-29)24-41-19-20-43(4,5)6/h22-23,25-27H,7-21,24H2,1-6H3. The van der Waals surface area contributed by atoms with Crippen LogP contribution in [0.5, 0.6) is 0 Å². The van der Waals surface area contributed by atoms with Crippen LogP contribution >= 0.6 is 0 Å². The van der Waals surface area contributed by atoms with Crippen molar-refractivity contribution in [3.8, 4) is 0 Å². The van der Waals surface area contributed by atoms with Gasteiger partial charge in [0.25, 0.3) is 0 Å². The van der Waals surface area contributed by atoms with Gasteiger partial charge in [-0.05, 0) is 89.2 Å². The molecule has 4 heterocycles. The van der Waals surface area contributed by atoms with Crippen LogP contribution in [0.2, 0.25) is 25.7 Å². The number of aromatic nitrogens is 3. The van der Waals surface area contributed by atoms with E-state index < -0.39 is 13.7 Å². The van der Waals surface area contributed by atoms with Gasteiger partial charge >= 0.3 is 6.09 Å². The second-order valence-corrected chi connectivity index (χ2v) is 20.8. The summed E-state index contributed by atoms with van der Waals surface area (Å²) in [6.45, 7) is 19.3. The minimum Gasteiger partial charge on any atom is -0.444 e. The van der Waals surface area contributed by atoms with Gasteiger partial charge in [0.1, 0.15) is 24.3 Å². The number of fused-ring (bicyclic) bond motifs is 1. The lowest BCUT2D eigenvalue weighted by atomic mass is 9.81. The minimum atomic E-state index is -1.13. The highest BCUT2D eigenvalue weighted by atomic mass is 28.3. The summed E-state index contributed by atoms with van der Waals surface area (Å²) in [5.41, 5.74) is 3.18. The van der Waals surface area contributed by atoms with Crippen molar-refractivity contribution in [1.82, 2.24) is 24.3 Å². The third-order valence-corrected chi connectivity index (χ3v) is 11.1. The van der Waals surface area contributed by atoms with Gasteiger partial charge in [-0.2, -0.15) is 0 Å². The Morgan fingerprint density at radius 1 is 1.00 bits per heavy atom. The maximum absolute atomic E-state index is 12.5. The molecular formula is C33H55N5O4Si. The Morgan fingerprint density at radius 2 is 1.70 bits per heavy atom. The van der Waals surface area contributed by atoms with Gasteiger partial charge < -0.3 is 23.7 Å². The number of hydrogen-bond acceptors (Lipinski definition) is 7. The SMILES string of the molecule is CC(C)(C)OC(=O)N1CCN(C2CCC(Cc3ncnc4c3c(C3CCOCC3)cn4COCC[Si](C)(C)C)CC2)CC1. The van der Waals surface area contributed by atoms with E-state index in [9.17, 15) is 4.79 Å². The Hall–Kier alpha value is -2.01. The van der Waals surface area contributed by atoms with Gasteiger partial charge in [-0.3, -0.25) is 4.90 Å². The number of nitrogens with zero attached hydrogens (tertiary/aromatic N) is 5. The van der Waals surface area contributed by atoms with E-state index >= 15 is 0 Å². The van der Waals surface area contributed by atoms with Gasteiger partial charge in [-0.25, -0.2) is 14.8 Å². The topological polar surface area (TPSA) is 82.0 Å². The molecule has 9 nitrogen and oxygen atoms in total. The number of carbonyl (C=O) groups is 1. The normalized spacial score (nSPS) is 23.2. The van der Waals surface area contributed by atoms with Crippen molar-refractivity contribution in [2.75, 3.05) is 46.0 Å². The monoisotopic (exact) mass is 613 g/mol. The maximum Gasteiger partial charge on any atom is 0.410 e. The molecular weight excluding hydrogens is 558 g/mol. The molecule has 0 unspecified atom stereocenters. The molecule has 0 aromatic carbocycles. The molecule has 3 aliphatic rings. The predicted molar refractivity (Wildman–Crippen MR) is 173 cm³/mol. The molecule has 2 aromatic rings. The highest BCUT2D eigenvalue weighted by Gasteiger charge is 2.32. The summed E-state index contributed by atoms with van der Waals surface area (Å²) in [6, 6.07) is 1.77. The van der Waals surface area contributed by atoms with Gasteiger partial charge in [0.2, 0.25) is 0 Å². The molecule has 43 heavy (non-hydrogen) atoms. The van der Waals surface area contributed by atoms with Gasteiger partial charge in [-0.15, -0.1) is 0 Å². The zero-order valence-corrected chi connectivity index (χ0v) is 28.6. The van der Waals surface area contributed by atoms with Gasteiger partial charge in [0.15, 0.2) is 0 Å². The largest absolute Gasteiger partial charge is 0.444 e. The van der Waals surface area contributed by atoms with Gasteiger partial charge in [-0.1, -0.05) is 19.6 Å². The molecule has 0 bridgehead atoms. The summed E-state index contributed by atoms with van der Waals surface area (Å²) in [7, 11) is -1.13. The Bertz CT molecular complexity index is 1200. The van der Waals surface area contributed by atoms with Crippen LogP contribution < -0.4 is 0 Å². The zero-order valence-electron chi connectivity index (χ0n) is 27.6. The number of hydrogen-bond donors (Lipinski definition) is 0. The average Bonchev–Trinajstić information content (AvgIpc) is 3.34. The molecule has 0 atom stereocenters. The summed E-state index contributed by atoms with van der Waals surface area (Å²) in [5.74, 6) is 1.12. The average molecular weight is 614 g/mol. The van der Waals surface area contributed by atoms with Crippen LogP contribution in [-0.4, -0.2) is 96.1 Å². The minimum absolute atomic E-state index is 0.181. The van der Waals surface area contributed by atoms with E-state index in [1.165, 1.54) is 48.4 Å². The fraction of sp³-hybridized carbons (Fsp3) is 0.788. The van der Waals surface area contributed by atoms with Crippen molar-refractivity contribution in [3.05, 3.63) is 23.8 Å². The molecule has 2 aromatic heterocycles. The van der Waals surface area contributed by atoms with Crippen LogP contribution in [0.15, 0.2) is 12.5 Å². The van der Waals surface area contributed by atoms with E-state index in [0.29, 0.717) is 24.6 Å². The smallest absolute Gasteiger partial charge is 0.410 e. The lowest BCUT2D eigenvalue weighted by molar-refractivity contribution is 0.00719. The van der Waals surface area contributed by atoms with Crippen molar-refractivity contribution in [1.29, 1.82) is 0 Å². The molecule has 0 N–H and O–H groups in total. The van der Waals surface area contributed by atoms with E-state index in [-0.39, 0.29) is 6.09 Å². The van der Waals surface area contributed by atoms with Crippen LogP contribution in [0.4, 0.5) is 4.79 Å². The van der Waals surface area contributed by atoms with Crippen LogP contribution in [0.25, 0.3) is 11.0 Å². The fourth-order valence-corrected chi connectivity index (χ4v) is 7.67. The molecule has 2 saturated heterocycles. The quantitative estimate of drug-likeness (QED) is 0.243. The summed E-state index contributed by atoms with van der Waals surface area (Å²) in [4.78, 5) is 26.7. The predicted octanol–water partition coefficient (Wildman–Crippen LogP) is 6.29. The van der Waals surface area contributed by atoms with E-state index in [2.05, 4.69) is 35.3 Å². The highest BCUT2D eigenvalue weighted by molar-refractivity contribution is 6.76. The number of carbonyl (C=O) groups excluding carboxylic acids is 1. The summed E-state index contributed by atoms with van der Waals surface area (Å²) in [5, 5.41) is 1.27. The molecule has 0 spiro atoms. The lowest BCUT2D eigenvalue weighted by Crippen LogP contribution is -2.53. The number of ether oxygens (including phenoxy) is 3. The van der Waals surface area contributed by atoms with Crippen LogP contribution in [0.3, 0.4) is 0 Å². The van der Waals surface area contributed by atoms with Gasteiger partial charge in [0, 0.05) is 71.7 Å². The molecule has 1 aliphatic carbocycles. The van der Waals surface area contributed by atoms with Crippen molar-refractivity contribution in [2.45, 2.75) is 116 Å². The van der Waals surface area contributed by atoms with E-state index in [1.807, 2.05) is 25.7 Å². The summed E-state index contributed by atoms with van der Waals surface area (Å²) < 4.78 is 19.7. The van der Waals surface area contributed by atoms with E-state index in [1.54, 1.807) is 6.33 Å². The first-order valence-electron chi connectivity index (χ1n) is 16.7. The first-order chi connectivity index (χ1) is 20.5. The van der Waals surface area contributed by atoms with Crippen LogP contribution in [0, 0.1) is 5.92 Å². The summed E-state index contributed by atoms with van der Waals surface area (Å²) >= 11 is 0. The Morgan fingerprint density at radius 3 is 2.35 bits per heavy atom. The molecule has 5 rings (SSSR count). The molecule has 1 amide bonds. The molecule has 10 heteroatoms. The van der Waals surface area contributed by atoms with Crippen LogP contribution in [0.1, 0.15) is 76.5 Å². The summed E-state index contributed by atoms with van der Waals surface area (Å²) in [6.07, 6.45) is 11.9. The van der Waals surface area contributed by atoms with Crippen molar-refractivity contribution in [3.63, 3.8) is 0 Å². The first kappa shape index (κ1) is 32.4. The molecule has 2 aliphatic heterocycles. The fourth-order valence-electron chi connectivity index (χ4n) is 6.91. The van der Waals surface area contributed by atoms with Crippen LogP contribution in [-0.2, 0) is 27.4 Å². The maximum atomic E-state index is 12.5. The molecule has 3 fully saturated rings. The highest BCUT2D eigenvalue weighted by Crippen LogP contribution is 2.37. The van der Waals surface area contributed by atoms with E-state index in [4.69, 9.17) is 24.2 Å². The molecule has 240 valence electrons. The third-order valence-electron chi connectivity index (χ3n) is 9.43. The third kappa shape index (κ3) is 8.80. The second-order valence-electron chi connectivity index (χ2n) is 15.2. The van der Waals surface area contributed by atoms with E-state index in [0.717, 1.165) is 70.9 Å². The first-order valence-corrected chi connectivity index (χ1v) is 20.4. The van der Waals surface area contributed by atoms with Crippen molar-refractivity contribution >= 4 is 25.2 Å².